The van der Waals surface area contributed by atoms with Gasteiger partial charge in [-0.25, -0.2) is 0 Å². The highest BCUT2D eigenvalue weighted by molar-refractivity contribution is 8.22. The van der Waals surface area contributed by atoms with Gasteiger partial charge in [0.15, 0.2) is 5.78 Å². The van der Waals surface area contributed by atoms with E-state index in [0.29, 0.717) is 5.78 Å². The first kappa shape index (κ1) is 18.6. The maximum atomic E-state index is 12.7. The van der Waals surface area contributed by atoms with Crippen LogP contribution in [0.2, 0.25) is 0 Å². The molecular weight excluding hydrogens is 324 g/mol. The van der Waals surface area contributed by atoms with Gasteiger partial charge in [0.25, 0.3) is 0 Å². The molecule has 0 radical (unpaired) electrons. The van der Waals surface area contributed by atoms with Gasteiger partial charge in [-0.05, 0) is 35.9 Å². The third-order valence-electron chi connectivity index (χ3n) is 2.77. The summed E-state index contributed by atoms with van der Waals surface area (Å²) < 4.78 is 2.52. The average Bonchev–Trinajstić information content (AvgIpc) is 2.80. The Balaban J connectivity index is 3.04. The summed E-state index contributed by atoms with van der Waals surface area (Å²) in [5.41, 5.74) is 2.15. The molecule has 0 aromatic heterocycles. The Bertz CT molecular complexity index is 347. The standard InChI is InChI=1S/C15H24OS4/c1-5-17-14(18-6-2)11-9-10-12(13(11)16)15(19-7-3)20-8-4/h5-10H2,1-4H3. The summed E-state index contributed by atoms with van der Waals surface area (Å²) in [5, 5.41) is 0. The van der Waals surface area contributed by atoms with Crippen LogP contribution >= 0.6 is 47.0 Å². The predicted octanol–water partition coefficient (Wildman–Crippen LogP) is 5.78. The van der Waals surface area contributed by atoms with E-state index in [-0.39, 0.29) is 0 Å². The Kier molecular flexibility index (Phi) is 9.58. The summed E-state index contributed by atoms with van der Waals surface area (Å²) in [5.74, 6) is 4.48. The van der Waals surface area contributed by atoms with Gasteiger partial charge < -0.3 is 0 Å². The summed E-state index contributed by atoms with van der Waals surface area (Å²) in [7, 11) is 0. The van der Waals surface area contributed by atoms with Crippen LogP contribution < -0.4 is 0 Å². The molecule has 20 heavy (non-hydrogen) atoms. The predicted molar refractivity (Wildman–Crippen MR) is 101 cm³/mol. The second-order valence-corrected chi connectivity index (χ2v) is 9.71. The van der Waals surface area contributed by atoms with Gasteiger partial charge in [-0.15, -0.1) is 47.0 Å². The first-order chi connectivity index (χ1) is 9.69. The van der Waals surface area contributed by atoms with Gasteiger partial charge in [0, 0.05) is 19.6 Å². The first-order valence-corrected chi connectivity index (χ1v) is 11.2. The topological polar surface area (TPSA) is 17.1 Å². The number of rotatable bonds is 8. The zero-order valence-corrected chi connectivity index (χ0v) is 16.0. The fourth-order valence-corrected chi connectivity index (χ4v) is 6.61. The highest BCUT2D eigenvalue weighted by Gasteiger charge is 2.29. The van der Waals surface area contributed by atoms with Gasteiger partial charge in [-0.1, -0.05) is 27.7 Å². The third-order valence-corrected chi connectivity index (χ3v) is 7.37. The Labute approximate surface area is 140 Å². The summed E-state index contributed by atoms with van der Waals surface area (Å²) in [6.45, 7) is 8.62. The second-order valence-electron chi connectivity index (χ2n) is 4.09. The molecule has 0 aliphatic heterocycles. The monoisotopic (exact) mass is 348 g/mol. The number of allylic oxidation sites excluding steroid dienone is 2. The van der Waals surface area contributed by atoms with E-state index < -0.39 is 0 Å². The molecule has 1 aliphatic carbocycles. The van der Waals surface area contributed by atoms with Crippen molar-refractivity contribution in [3.8, 4) is 0 Å². The largest absolute Gasteiger partial charge is 0.289 e. The van der Waals surface area contributed by atoms with Crippen molar-refractivity contribution in [1.29, 1.82) is 0 Å². The van der Waals surface area contributed by atoms with Crippen LogP contribution in [0, 0.1) is 0 Å². The zero-order valence-electron chi connectivity index (χ0n) is 12.8. The van der Waals surface area contributed by atoms with Crippen LogP contribution in [0.3, 0.4) is 0 Å². The number of ketones is 1. The number of carbonyl (C=O) groups is 1. The van der Waals surface area contributed by atoms with Crippen LogP contribution in [0.4, 0.5) is 0 Å². The SMILES string of the molecule is CCSC(SCC)=C1CCC(=C(SCC)SCC)C1=O. The summed E-state index contributed by atoms with van der Waals surface area (Å²) in [6, 6.07) is 0. The Morgan fingerprint density at radius 2 is 1.05 bits per heavy atom. The molecule has 0 unspecified atom stereocenters. The highest BCUT2D eigenvalue weighted by atomic mass is 32.2. The van der Waals surface area contributed by atoms with Gasteiger partial charge in [0.05, 0.1) is 0 Å². The van der Waals surface area contributed by atoms with Gasteiger partial charge in [0.2, 0.25) is 0 Å². The summed E-state index contributed by atoms with van der Waals surface area (Å²) in [6.07, 6.45) is 1.86. The molecule has 1 fully saturated rings. The van der Waals surface area contributed by atoms with Gasteiger partial charge in [0.1, 0.15) is 0 Å². The highest BCUT2D eigenvalue weighted by Crippen LogP contribution is 2.43. The number of hydrogen-bond donors (Lipinski definition) is 0. The smallest absolute Gasteiger partial charge is 0.188 e. The first-order valence-electron chi connectivity index (χ1n) is 7.21. The molecule has 0 aromatic rings. The number of hydrogen-bond acceptors (Lipinski definition) is 5. The lowest BCUT2D eigenvalue weighted by Gasteiger charge is -2.09. The molecule has 0 saturated heterocycles. The maximum Gasteiger partial charge on any atom is 0.188 e. The fourth-order valence-electron chi connectivity index (χ4n) is 2.00. The van der Waals surface area contributed by atoms with Crippen molar-refractivity contribution in [3.05, 3.63) is 19.6 Å². The van der Waals surface area contributed by atoms with E-state index >= 15 is 0 Å². The second kappa shape index (κ2) is 10.3. The molecule has 0 atom stereocenters. The van der Waals surface area contributed by atoms with Gasteiger partial charge in [-0.2, -0.15) is 0 Å². The molecule has 0 N–H and O–H groups in total. The van der Waals surface area contributed by atoms with Crippen molar-refractivity contribution in [3.63, 3.8) is 0 Å². The van der Waals surface area contributed by atoms with E-state index in [9.17, 15) is 4.79 Å². The van der Waals surface area contributed by atoms with E-state index in [1.807, 2.05) is 47.0 Å². The van der Waals surface area contributed by atoms with Crippen LogP contribution in [0.1, 0.15) is 40.5 Å². The minimum Gasteiger partial charge on any atom is -0.289 e. The number of carbonyl (C=O) groups excluding carboxylic acids is 1. The van der Waals surface area contributed by atoms with E-state index in [2.05, 4.69) is 27.7 Å². The van der Waals surface area contributed by atoms with Crippen molar-refractivity contribution in [2.75, 3.05) is 23.0 Å². The van der Waals surface area contributed by atoms with Crippen molar-refractivity contribution < 1.29 is 4.79 Å². The average molecular weight is 349 g/mol. The van der Waals surface area contributed by atoms with Crippen LogP contribution in [0.15, 0.2) is 19.6 Å². The Hall–Kier alpha value is 0.550. The molecule has 1 nitrogen and oxygen atoms in total. The van der Waals surface area contributed by atoms with E-state index in [4.69, 9.17) is 0 Å². The molecule has 0 heterocycles. The zero-order chi connectivity index (χ0) is 15.0. The van der Waals surface area contributed by atoms with Crippen molar-refractivity contribution in [2.45, 2.75) is 40.5 Å². The van der Waals surface area contributed by atoms with Crippen LogP contribution in [-0.2, 0) is 4.79 Å². The lowest BCUT2D eigenvalue weighted by atomic mass is 10.2. The minimum absolute atomic E-state index is 0.318. The summed E-state index contributed by atoms with van der Waals surface area (Å²) in [4.78, 5) is 12.7. The van der Waals surface area contributed by atoms with Gasteiger partial charge >= 0.3 is 0 Å². The van der Waals surface area contributed by atoms with Crippen LogP contribution in [0.25, 0.3) is 0 Å². The van der Waals surface area contributed by atoms with Crippen molar-refractivity contribution in [1.82, 2.24) is 0 Å². The Morgan fingerprint density at radius 1 is 0.750 bits per heavy atom. The molecule has 0 bridgehead atoms. The van der Waals surface area contributed by atoms with Crippen molar-refractivity contribution in [2.24, 2.45) is 0 Å². The summed E-state index contributed by atoms with van der Waals surface area (Å²) >= 11 is 7.31. The molecule has 1 rings (SSSR count). The molecule has 1 aliphatic rings. The number of thioether (sulfide) groups is 4. The molecule has 5 heteroatoms. The lowest BCUT2D eigenvalue weighted by Crippen LogP contribution is -2.00. The molecule has 1 saturated carbocycles. The normalized spacial score (nSPS) is 15.1. The minimum atomic E-state index is 0.318. The molecule has 0 aromatic carbocycles. The van der Waals surface area contributed by atoms with Crippen LogP contribution in [-0.4, -0.2) is 28.8 Å². The van der Waals surface area contributed by atoms with Gasteiger partial charge in [-0.3, -0.25) is 4.79 Å². The molecular formula is C15H24OS4. The molecule has 0 spiro atoms. The van der Waals surface area contributed by atoms with Crippen LogP contribution in [0.5, 0.6) is 0 Å². The third kappa shape index (κ3) is 5.08. The lowest BCUT2D eigenvalue weighted by molar-refractivity contribution is -0.111. The van der Waals surface area contributed by atoms with E-state index in [0.717, 1.165) is 47.0 Å². The van der Waals surface area contributed by atoms with Crippen molar-refractivity contribution >= 4 is 52.8 Å². The van der Waals surface area contributed by atoms with E-state index in [1.165, 1.54) is 8.47 Å². The molecule has 114 valence electrons. The fraction of sp³-hybridized carbons (Fsp3) is 0.667. The quantitative estimate of drug-likeness (QED) is 0.515. The number of Topliss-reactive ketones (excluding diaryl/α,β-unsaturated/α-hetero) is 1. The Morgan fingerprint density at radius 3 is 1.30 bits per heavy atom. The van der Waals surface area contributed by atoms with E-state index in [1.54, 1.807) is 0 Å². The molecule has 0 amide bonds. The maximum absolute atomic E-state index is 12.7.